The van der Waals surface area contributed by atoms with Gasteiger partial charge in [0.1, 0.15) is 10.8 Å². The van der Waals surface area contributed by atoms with Crippen LogP contribution in [0.2, 0.25) is 0 Å². The number of rotatable bonds is 8. The lowest BCUT2D eigenvalue weighted by molar-refractivity contribution is -0.123. The minimum absolute atomic E-state index is 0.00641. The number of fused-ring (bicyclic) bond motifs is 1. The van der Waals surface area contributed by atoms with Gasteiger partial charge in [0.2, 0.25) is 0 Å². The number of hydrogen-bond acceptors (Lipinski definition) is 4. The second-order valence-electron chi connectivity index (χ2n) is 7.63. The zero-order valence-corrected chi connectivity index (χ0v) is 18.6. The average Bonchev–Trinajstić information content (AvgIpc) is 3.26. The highest BCUT2D eigenvalue weighted by Crippen LogP contribution is 2.30. The van der Waals surface area contributed by atoms with E-state index in [2.05, 4.69) is 49.5 Å². The first-order valence-electron chi connectivity index (χ1n) is 10.6. The van der Waals surface area contributed by atoms with Crippen LogP contribution in [0.1, 0.15) is 37.3 Å². The van der Waals surface area contributed by atoms with Gasteiger partial charge >= 0.3 is 0 Å². The van der Waals surface area contributed by atoms with E-state index >= 15 is 0 Å². The molecule has 0 saturated carbocycles. The molecule has 0 aliphatic heterocycles. The van der Waals surface area contributed by atoms with Gasteiger partial charge in [0.05, 0.1) is 10.2 Å². The Morgan fingerprint density at radius 1 is 1.03 bits per heavy atom. The molecule has 0 radical (unpaired) electrons. The fourth-order valence-corrected chi connectivity index (χ4v) is 4.26. The highest BCUT2D eigenvalue weighted by atomic mass is 32.1. The van der Waals surface area contributed by atoms with E-state index in [1.165, 1.54) is 10.3 Å². The molecule has 4 nitrogen and oxygen atoms in total. The number of hydrogen-bond donors (Lipinski definition) is 1. The number of thiazole rings is 1. The molecule has 5 heteroatoms. The maximum atomic E-state index is 12.2. The molecule has 3 aromatic carbocycles. The van der Waals surface area contributed by atoms with Gasteiger partial charge in [-0.3, -0.25) is 4.79 Å². The lowest BCUT2D eigenvalue weighted by Gasteiger charge is -2.11. The van der Waals surface area contributed by atoms with E-state index in [1.54, 1.807) is 11.3 Å². The summed E-state index contributed by atoms with van der Waals surface area (Å²) < 4.78 is 6.80. The van der Waals surface area contributed by atoms with Crippen molar-refractivity contribution in [1.29, 1.82) is 0 Å². The number of benzene rings is 3. The summed E-state index contributed by atoms with van der Waals surface area (Å²) in [5.41, 5.74) is 4.43. The molecule has 0 aliphatic carbocycles. The van der Waals surface area contributed by atoms with Gasteiger partial charge in [0, 0.05) is 12.1 Å². The summed E-state index contributed by atoms with van der Waals surface area (Å²) in [4.78, 5) is 16.8. The third kappa shape index (κ3) is 5.30. The van der Waals surface area contributed by atoms with E-state index in [0.29, 0.717) is 18.2 Å². The Hall–Kier alpha value is -3.18. The van der Waals surface area contributed by atoms with Crippen LogP contribution in [0.25, 0.3) is 20.8 Å². The minimum atomic E-state index is -0.138. The molecule has 0 fully saturated rings. The molecule has 1 unspecified atom stereocenters. The normalized spacial score (nSPS) is 11.9. The second-order valence-corrected chi connectivity index (χ2v) is 8.66. The van der Waals surface area contributed by atoms with Crippen LogP contribution in [0.3, 0.4) is 0 Å². The van der Waals surface area contributed by atoms with E-state index in [-0.39, 0.29) is 12.5 Å². The third-order valence-electron chi connectivity index (χ3n) is 5.42. The van der Waals surface area contributed by atoms with Crippen molar-refractivity contribution in [1.82, 2.24) is 10.3 Å². The Kier molecular flexibility index (Phi) is 6.63. The lowest BCUT2D eigenvalue weighted by atomic mass is 9.99. The molecule has 1 aromatic heterocycles. The Morgan fingerprint density at radius 3 is 2.48 bits per heavy atom. The smallest absolute Gasteiger partial charge is 0.258 e. The summed E-state index contributed by atoms with van der Waals surface area (Å²) >= 11 is 1.69. The van der Waals surface area contributed by atoms with Gasteiger partial charge in [-0.25, -0.2) is 4.98 Å². The Balaban J connectivity index is 1.27. The SMILES string of the molecule is CCC(C)c1ccc(OCC(=O)NCc2ccc(-c3nc4ccccc4s3)cc2)cc1. The number of nitrogens with zero attached hydrogens (tertiary/aromatic N) is 1. The fraction of sp³-hybridized carbons (Fsp3) is 0.231. The zero-order valence-electron chi connectivity index (χ0n) is 17.8. The molecule has 31 heavy (non-hydrogen) atoms. The molecule has 0 spiro atoms. The average molecular weight is 431 g/mol. The number of carbonyl (C=O) groups is 1. The maximum Gasteiger partial charge on any atom is 0.258 e. The summed E-state index contributed by atoms with van der Waals surface area (Å²) in [5.74, 6) is 1.10. The lowest BCUT2D eigenvalue weighted by Crippen LogP contribution is -2.28. The van der Waals surface area contributed by atoms with Gasteiger partial charge in [0.25, 0.3) is 5.91 Å². The van der Waals surface area contributed by atoms with Crippen LogP contribution in [0.15, 0.2) is 72.8 Å². The first-order valence-corrected chi connectivity index (χ1v) is 11.4. The molecule has 158 valence electrons. The van der Waals surface area contributed by atoms with Crippen molar-refractivity contribution in [2.24, 2.45) is 0 Å². The topological polar surface area (TPSA) is 51.2 Å². The number of aromatic nitrogens is 1. The number of nitrogens with one attached hydrogen (secondary N) is 1. The van der Waals surface area contributed by atoms with Crippen LogP contribution < -0.4 is 10.1 Å². The summed E-state index contributed by atoms with van der Waals surface area (Å²) in [6.07, 6.45) is 1.10. The molecule has 1 amide bonds. The zero-order chi connectivity index (χ0) is 21.6. The van der Waals surface area contributed by atoms with Crippen molar-refractivity contribution in [2.75, 3.05) is 6.61 Å². The fourth-order valence-electron chi connectivity index (χ4n) is 3.29. The molecule has 4 aromatic rings. The van der Waals surface area contributed by atoms with E-state index < -0.39 is 0 Å². The van der Waals surface area contributed by atoms with Gasteiger partial charge in [-0.05, 0) is 47.7 Å². The highest BCUT2D eigenvalue weighted by molar-refractivity contribution is 7.21. The van der Waals surface area contributed by atoms with Crippen LogP contribution >= 0.6 is 11.3 Å². The predicted molar refractivity (Wildman–Crippen MR) is 128 cm³/mol. The van der Waals surface area contributed by atoms with Crippen LogP contribution in [0, 0.1) is 0 Å². The first kappa shape index (κ1) is 21.1. The molecule has 0 aliphatic rings. The van der Waals surface area contributed by atoms with Gasteiger partial charge in [-0.1, -0.05) is 62.4 Å². The molecular weight excluding hydrogens is 404 g/mol. The van der Waals surface area contributed by atoms with Crippen LogP contribution in [0.4, 0.5) is 0 Å². The molecule has 1 atom stereocenters. The summed E-state index contributed by atoms with van der Waals surface area (Å²) in [7, 11) is 0. The van der Waals surface area contributed by atoms with E-state index in [0.717, 1.165) is 28.1 Å². The van der Waals surface area contributed by atoms with E-state index in [4.69, 9.17) is 9.72 Å². The predicted octanol–water partition coefficient (Wildman–Crippen LogP) is 6.17. The number of ether oxygens (including phenoxy) is 1. The van der Waals surface area contributed by atoms with Gasteiger partial charge in [0.15, 0.2) is 6.61 Å². The second kappa shape index (κ2) is 9.75. The van der Waals surface area contributed by atoms with Crippen molar-refractivity contribution >= 4 is 27.5 Å². The van der Waals surface area contributed by atoms with Gasteiger partial charge in [-0.15, -0.1) is 11.3 Å². The minimum Gasteiger partial charge on any atom is -0.484 e. The van der Waals surface area contributed by atoms with Crippen LogP contribution in [-0.2, 0) is 11.3 Å². The maximum absolute atomic E-state index is 12.2. The third-order valence-corrected chi connectivity index (χ3v) is 6.50. The van der Waals surface area contributed by atoms with Crippen molar-refractivity contribution in [3.8, 4) is 16.3 Å². The first-order chi connectivity index (χ1) is 15.1. The molecular formula is C26H26N2O2S. The monoisotopic (exact) mass is 430 g/mol. The Morgan fingerprint density at radius 2 is 1.77 bits per heavy atom. The van der Waals surface area contributed by atoms with Crippen molar-refractivity contribution in [3.05, 3.63) is 83.9 Å². The van der Waals surface area contributed by atoms with Crippen molar-refractivity contribution in [3.63, 3.8) is 0 Å². The number of amides is 1. The van der Waals surface area contributed by atoms with E-state index in [1.807, 2.05) is 42.5 Å². The molecule has 1 N–H and O–H groups in total. The van der Waals surface area contributed by atoms with Gasteiger partial charge < -0.3 is 10.1 Å². The molecule has 0 saturated heterocycles. The molecule has 4 rings (SSSR count). The summed E-state index contributed by atoms with van der Waals surface area (Å²) in [6, 6.07) is 24.3. The van der Waals surface area contributed by atoms with Crippen molar-refractivity contribution < 1.29 is 9.53 Å². The van der Waals surface area contributed by atoms with Gasteiger partial charge in [-0.2, -0.15) is 0 Å². The van der Waals surface area contributed by atoms with E-state index in [9.17, 15) is 4.79 Å². The Bertz CT molecular complexity index is 1120. The number of carbonyl (C=O) groups excluding carboxylic acids is 1. The molecule has 0 bridgehead atoms. The Labute approximate surface area is 186 Å². The number of para-hydroxylation sites is 1. The summed E-state index contributed by atoms with van der Waals surface area (Å²) in [5, 5.41) is 3.92. The quantitative estimate of drug-likeness (QED) is 0.364. The summed E-state index contributed by atoms with van der Waals surface area (Å²) in [6.45, 7) is 4.85. The highest BCUT2D eigenvalue weighted by Gasteiger charge is 2.08. The largest absolute Gasteiger partial charge is 0.484 e. The van der Waals surface area contributed by atoms with Crippen molar-refractivity contribution in [2.45, 2.75) is 32.7 Å². The van der Waals surface area contributed by atoms with Crippen LogP contribution in [0.5, 0.6) is 5.75 Å². The van der Waals surface area contributed by atoms with Crippen LogP contribution in [-0.4, -0.2) is 17.5 Å². The standard InChI is InChI=1S/C26H26N2O2S/c1-3-18(2)20-12-14-22(15-13-20)30-17-25(29)27-16-19-8-10-21(11-9-19)26-28-23-6-4-5-7-24(23)31-26/h4-15,18H,3,16-17H2,1-2H3,(H,27,29). The molecule has 1 heterocycles.